The number of rotatable bonds is 5. The van der Waals surface area contributed by atoms with Crippen molar-refractivity contribution in [2.75, 3.05) is 4.90 Å². The third kappa shape index (κ3) is 4.69. The Labute approximate surface area is 288 Å². The molecular weight excluding hydrogens is 621 g/mol. The Hall–Kier alpha value is -5.91. The topological polar surface area (TPSA) is 50.3 Å². The first-order valence-corrected chi connectivity index (χ1v) is 17.2. The summed E-state index contributed by atoms with van der Waals surface area (Å²) in [5.41, 5.74) is 9.67. The number of para-hydroxylation sites is 1. The molecule has 0 saturated heterocycles. The highest BCUT2D eigenvalue weighted by Gasteiger charge is 2.39. The molecule has 0 atom stereocenters. The Balaban J connectivity index is 1.08. The molecule has 2 heterocycles. The SMILES string of the molecule is CC1(C)c2cc(N(c3ccccc3)c3ccc(-c4ccccc4)nc3)ccc2-c2sc(C=C3C(=O)c4cc5ccccc5cc4C3=O)cc21. The minimum absolute atomic E-state index is 0.198. The molecule has 0 bridgehead atoms. The van der Waals surface area contributed by atoms with Gasteiger partial charge in [-0.15, -0.1) is 11.3 Å². The number of hydrogen-bond donors (Lipinski definition) is 0. The Morgan fingerprint density at radius 3 is 1.90 bits per heavy atom. The van der Waals surface area contributed by atoms with Crippen molar-refractivity contribution in [2.45, 2.75) is 19.3 Å². The fraction of sp³-hybridized carbons (Fsp3) is 0.0682. The van der Waals surface area contributed by atoms with Crippen molar-refractivity contribution in [2.24, 2.45) is 0 Å². The van der Waals surface area contributed by atoms with E-state index in [0.29, 0.717) is 11.1 Å². The number of anilines is 3. The molecule has 0 spiro atoms. The maximum atomic E-state index is 13.5. The van der Waals surface area contributed by atoms with Gasteiger partial charge in [-0.05, 0) is 88.1 Å². The lowest BCUT2D eigenvalue weighted by Gasteiger charge is -2.28. The van der Waals surface area contributed by atoms with E-state index in [-0.39, 0.29) is 22.6 Å². The quantitative estimate of drug-likeness (QED) is 0.137. The molecule has 0 saturated carbocycles. The van der Waals surface area contributed by atoms with Gasteiger partial charge in [0.15, 0.2) is 11.6 Å². The van der Waals surface area contributed by atoms with Gasteiger partial charge in [-0.25, -0.2) is 0 Å². The number of allylic oxidation sites excluding steroid dienone is 1. The molecule has 7 aromatic rings. The molecule has 0 N–H and O–H groups in total. The lowest BCUT2D eigenvalue weighted by atomic mass is 9.82. The molecule has 2 aliphatic carbocycles. The molecule has 0 radical (unpaired) electrons. The highest BCUT2D eigenvalue weighted by atomic mass is 32.1. The van der Waals surface area contributed by atoms with Crippen LogP contribution in [0.5, 0.6) is 0 Å². The molecule has 5 heteroatoms. The molecule has 0 amide bonds. The summed E-state index contributed by atoms with van der Waals surface area (Å²) in [6, 6.07) is 45.2. The van der Waals surface area contributed by atoms with Crippen LogP contribution in [0.15, 0.2) is 145 Å². The zero-order valence-corrected chi connectivity index (χ0v) is 27.8. The standard InChI is InChI=1S/C44H30N2O2S/c1-44(2)38-23-31(46(30-15-7-4-8-16-30)32-18-20-40(45-26-32)27-11-5-3-6-12-27)17-19-34(38)43-39(44)25-33(49-43)24-37-41(47)35-21-28-13-9-10-14-29(28)22-36(35)42(37)48/h3-26H,1-2H3. The van der Waals surface area contributed by atoms with E-state index in [0.717, 1.165) is 44.0 Å². The van der Waals surface area contributed by atoms with Crippen molar-refractivity contribution in [1.82, 2.24) is 4.98 Å². The lowest BCUT2D eigenvalue weighted by molar-refractivity contribution is 0.0990. The van der Waals surface area contributed by atoms with Crippen LogP contribution in [-0.4, -0.2) is 16.6 Å². The maximum absolute atomic E-state index is 13.5. The number of thiophene rings is 1. The number of benzene rings is 5. The fourth-order valence-electron chi connectivity index (χ4n) is 7.28. The molecule has 2 aromatic heterocycles. The van der Waals surface area contributed by atoms with E-state index in [1.807, 2.05) is 66.9 Å². The van der Waals surface area contributed by atoms with E-state index >= 15 is 0 Å². The lowest BCUT2D eigenvalue weighted by Crippen LogP contribution is -2.16. The molecule has 5 aromatic carbocycles. The van der Waals surface area contributed by atoms with Gasteiger partial charge in [0.05, 0.1) is 23.2 Å². The Kier molecular flexibility index (Phi) is 6.61. The van der Waals surface area contributed by atoms with Gasteiger partial charge >= 0.3 is 0 Å². The molecule has 0 fully saturated rings. The van der Waals surface area contributed by atoms with Gasteiger partial charge in [0, 0.05) is 43.2 Å². The van der Waals surface area contributed by atoms with Crippen molar-refractivity contribution >= 4 is 56.8 Å². The van der Waals surface area contributed by atoms with Crippen LogP contribution in [0.4, 0.5) is 17.1 Å². The van der Waals surface area contributed by atoms with Crippen LogP contribution in [-0.2, 0) is 5.41 Å². The average Bonchev–Trinajstić information content (AvgIpc) is 3.73. The number of pyridine rings is 1. The third-order valence-corrected chi connectivity index (χ3v) is 11.0. The number of Topliss-reactive ketones (excluding diaryl/α,β-unsaturated/α-hetero) is 2. The third-order valence-electron chi connectivity index (χ3n) is 9.84. The van der Waals surface area contributed by atoms with Gasteiger partial charge in [0.1, 0.15) is 0 Å². The molecule has 9 rings (SSSR count). The van der Waals surface area contributed by atoms with E-state index in [4.69, 9.17) is 4.98 Å². The van der Waals surface area contributed by atoms with Gasteiger partial charge in [-0.3, -0.25) is 14.6 Å². The second-order valence-corrected chi connectivity index (χ2v) is 14.2. The molecular formula is C44H30N2O2S. The average molecular weight is 651 g/mol. The first-order valence-electron chi connectivity index (χ1n) is 16.4. The van der Waals surface area contributed by atoms with Crippen LogP contribution in [0.1, 0.15) is 50.6 Å². The summed E-state index contributed by atoms with van der Waals surface area (Å²) in [6.45, 7) is 4.50. The van der Waals surface area contributed by atoms with E-state index < -0.39 is 0 Å². The van der Waals surface area contributed by atoms with Crippen LogP contribution < -0.4 is 4.90 Å². The van der Waals surface area contributed by atoms with Crippen molar-refractivity contribution in [3.8, 4) is 21.7 Å². The fourth-order valence-corrected chi connectivity index (χ4v) is 8.58. The molecule has 0 aliphatic heterocycles. The molecule has 2 aliphatic rings. The zero-order valence-electron chi connectivity index (χ0n) is 27.0. The maximum Gasteiger partial charge on any atom is 0.197 e. The number of aromatic nitrogens is 1. The van der Waals surface area contributed by atoms with Crippen molar-refractivity contribution in [3.63, 3.8) is 0 Å². The van der Waals surface area contributed by atoms with Gasteiger partial charge in [0.25, 0.3) is 0 Å². The smallest absolute Gasteiger partial charge is 0.197 e. The summed E-state index contributed by atoms with van der Waals surface area (Å²) < 4.78 is 0. The van der Waals surface area contributed by atoms with Crippen LogP contribution in [0.25, 0.3) is 38.5 Å². The number of nitrogens with zero attached hydrogens (tertiary/aromatic N) is 2. The summed E-state index contributed by atoms with van der Waals surface area (Å²) in [5, 5.41) is 1.92. The van der Waals surface area contributed by atoms with Gasteiger partial charge in [-0.1, -0.05) is 92.7 Å². The normalized spacial score (nSPS) is 14.1. The number of carbonyl (C=O) groups is 2. The summed E-state index contributed by atoms with van der Waals surface area (Å²) in [4.78, 5) is 36.2. The summed E-state index contributed by atoms with van der Waals surface area (Å²) >= 11 is 1.64. The zero-order chi connectivity index (χ0) is 33.3. The highest BCUT2D eigenvalue weighted by molar-refractivity contribution is 7.16. The predicted octanol–water partition coefficient (Wildman–Crippen LogP) is 11.2. The highest BCUT2D eigenvalue weighted by Crippen LogP contribution is 2.54. The minimum atomic E-state index is -0.282. The number of fused-ring (bicyclic) bond motifs is 5. The van der Waals surface area contributed by atoms with Gasteiger partial charge < -0.3 is 4.90 Å². The van der Waals surface area contributed by atoms with Crippen LogP contribution in [0, 0.1) is 0 Å². The second-order valence-electron chi connectivity index (χ2n) is 13.1. The molecule has 234 valence electrons. The van der Waals surface area contributed by atoms with E-state index in [1.165, 1.54) is 21.6 Å². The molecule has 4 nitrogen and oxygen atoms in total. The van der Waals surface area contributed by atoms with E-state index in [2.05, 4.69) is 91.5 Å². The van der Waals surface area contributed by atoms with Crippen molar-refractivity contribution in [3.05, 3.63) is 172 Å². The van der Waals surface area contributed by atoms with Crippen molar-refractivity contribution in [1.29, 1.82) is 0 Å². The van der Waals surface area contributed by atoms with E-state index in [9.17, 15) is 9.59 Å². The van der Waals surface area contributed by atoms with Crippen LogP contribution >= 0.6 is 11.3 Å². The van der Waals surface area contributed by atoms with Crippen molar-refractivity contribution < 1.29 is 9.59 Å². The van der Waals surface area contributed by atoms with Crippen LogP contribution in [0.3, 0.4) is 0 Å². The predicted molar refractivity (Wildman–Crippen MR) is 200 cm³/mol. The number of carbonyl (C=O) groups excluding carboxylic acids is 2. The monoisotopic (exact) mass is 650 g/mol. The van der Waals surface area contributed by atoms with Crippen LogP contribution in [0.2, 0.25) is 0 Å². The Morgan fingerprint density at radius 1 is 0.612 bits per heavy atom. The van der Waals surface area contributed by atoms with E-state index in [1.54, 1.807) is 17.4 Å². The number of hydrogen-bond acceptors (Lipinski definition) is 5. The summed E-state index contributed by atoms with van der Waals surface area (Å²) in [7, 11) is 0. The largest absolute Gasteiger partial charge is 0.309 e. The number of ketones is 2. The summed E-state index contributed by atoms with van der Waals surface area (Å²) in [5.74, 6) is -0.396. The van der Waals surface area contributed by atoms with Gasteiger partial charge in [-0.2, -0.15) is 0 Å². The first kappa shape index (κ1) is 29.2. The molecule has 49 heavy (non-hydrogen) atoms. The Morgan fingerprint density at radius 2 is 1.24 bits per heavy atom. The molecule has 0 unspecified atom stereocenters. The minimum Gasteiger partial charge on any atom is -0.309 e. The second kappa shape index (κ2) is 11.1. The van der Waals surface area contributed by atoms with Gasteiger partial charge in [0.2, 0.25) is 0 Å². The Bertz CT molecular complexity index is 2440. The first-order chi connectivity index (χ1) is 23.9. The summed E-state index contributed by atoms with van der Waals surface area (Å²) in [6.07, 6.45) is 3.74.